The summed E-state index contributed by atoms with van der Waals surface area (Å²) in [7, 11) is 1.52. The number of hydrogen-bond acceptors (Lipinski definition) is 3. The molecule has 3 N–H and O–H groups in total. The van der Waals surface area contributed by atoms with Crippen LogP contribution < -0.4 is 11.1 Å². The molecule has 6 heteroatoms. The van der Waals surface area contributed by atoms with Crippen molar-refractivity contribution in [1.82, 2.24) is 10.2 Å². The fourth-order valence-corrected chi connectivity index (χ4v) is 2.31. The van der Waals surface area contributed by atoms with Crippen LogP contribution in [0.3, 0.4) is 0 Å². The second kappa shape index (κ2) is 5.26. The zero-order chi connectivity index (χ0) is 14.0. The maximum Gasteiger partial charge on any atom is 0.257 e. The van der Waals surface area contributed by atoms with Crippen molar-refractivity contribution in [2.45, 2.75) is 18.9 Å². The third-order valence-electron chi connectivity index (χ3n) is 3.28. The molecule has 19 heavy (non-hydrogen) atoms. The predicted molar refractivity (Wildman–Crippen MR) is 68.9 cm³/mol. The summed E-state index contributed by atoms with van der Waals surface area (Å²) >= 11 is 0. The number of anilines is 1. The molecular weight excluding hydrogens is 249 g/mol. The van der Waals surface area contributed by atoms with Gasteiger partial charge in [0.15, 0.2) is 0 Å². The fraction of sp³-hybridized carbons (Fsp3) is 0.385. The van der Waals surface area contributed by atoms with Gasteiger partial charge in [-0.15, -0.1) is 0 Å². The standard InChI is InChI=1S/C13H16FN3O2/c1-16-12(18)11-3-2-6-17(11)13(19)9-7-8(15)4-5-10(9)14/h4-5,7,11H,2-3,6,15H2,1H3,(H,16,18). The number of amides is 2. The lowest BCUT2D eigenvalue weighted by Crippen LogP contribution is -2.45. The van der Waals surface area contributed by atoms with E-state index in [4.69, 9.17) is 5.73 Å². The molecule has 1 aliphatic rings. The van der Waals surface area contributed by atoms with E-state index in [2.05, 4.69) is 5.32 Å². The van der Waals surface area contributed by atoms with Gasteiger partial charge in [-0.05, 0) is 31.0 Å². The summed E-state index contributed by atoms with van der Waals surface area (Å²) in [5, 5.41) is 2.52. The molecule has 1 aromatic rings. The van der Waals surface area contributed by atoms with Crippen LogP contribution in [0.2, 0.25) is 0 Å². The SMILES string of the molecule is CNC(=O)C1CCCN1C(=O)c1cc(N)ccc1F. The van der Waals surface area contributed by atoms with Crippen molar-refractivity contribution < 1.29 is 14.0 Å². The van der Waals surface area contributed by atoms with Crippen molar-refractivity contribution in [1.29, 1.82) is 0 Å². The Morgan fingerprint density at radius 2 is 2.21 bits per heavy atom. The Morgan fingerprint density at radius 3 is 2.89 bits per heavy atom. The molecule has 1 atom stereocenters. The molecule has 0 aliphatic carbocycles. The average Bonchev–Trinajstić information content (AvgIpc) is 2.89. The largest absolute Gasteiger partial charge is 0.399 e. The summed E-state index contributed by atoms with van der Waals surface area (Å²) in [6, 6.07) is 3.33. The second-order valence-corrected chi connectivity index (χ2v) is 4.51. The van der Waals surface area contributed by atoms with E-state index in [1.54, 1.807) is 0 Å². The molecule has 0 saturated carbocycles. The van der Waals surface area contributed by atoms with Crippen LogP contribution in [0, 0.1) is 5.82 Å². The Morgan fingerprint density at radius 1 is 1.47 bits per heavy atom. The van der Waals surface area contributed by atoms with Crippen LogP contribution in [0.15, 0.2) is 18.2 Å². The van der Waals surface area contributed by atoms with Crippen LogP contribution in [-0.2, 0) is 4.79 Å². The number of rotatable bonds is 2. The lowest BCUT2D eigenvalue weighted by molar-refractivity contribution is -0.124. The van der Waals surface area contributed by atoms with Crippen molar-refractivity contribution in [3.63, 3.8) is 0 Å². The highest BCUT2D eigenvalue weighted by Gasteiger charge is 2.34. The Bertz CT molecular complexity index is 519. The molecule has 1 aromatic carbocycles. The van der Waals surface area contributed by atoms with Crippen LogP contribution in [0.5, 0.6) is 0 Å². The number of halogens is 1. The number of likely N-dealkylation sites (N-methyl/N-ethyl adjacent to an activating group) is 1. The molecule has 1 fully saturated rings. The quantitative estimate of drug-likeness (QED) is 0.775. The van der Waals surface area contributed by atoms with Crippen LogP contribution in [0.1, 0.15) is 23.2 Å². The van der Waals surface area contributed by atoms with Crippen LogP contribution >= 0.6 is 0 Å². The van der Waals surface area contributed by atoms with E-state index in [0.717, 1.165) is 12.5 Å². The van der Waals surface area contributed by atoms with Gasteiger partial charge in [0.1, 0.15) is 11.9 Å². The molecule has 1 heterocycles. The Labute approximate surface area is 110 Å². The zero-order valence-electron chi connectivity index (χ0n) is 10.6. The van der Waals surface area contributed by atoms with Crippen molar-refractivity contribution in [3.8, 4) is 0 Å². The van der Waals surface area contributed by atoms with Gasteiger partial charge in [0, 0.05) is 19.3 Å². The molecule has 102 valence electrons. The van der Waals surface area contributed by atoms with Gasteiger partial charge in [-0.25, -0.2) is 4.39 Å². The highest BCUT2D eigenvalue weighted by atomic mass is 19.1. The maximum atomic E-state index is 13.7. The maximum absolute atomic E-state index is 13.7. The Hall–Kier alpha value is -2.11. The van der Waals surface area contributed by atoms with Gasteiger partial charge in [-0.1, -0.05) is 0 Å². The Balaban J connectivity index is 2.28. The smallest absolute Gasteiger partial charge is 0.257 e. The lowest BCUT2D eigenvalue weighted by atomic mass is 10.1. The molecule has 0 aromatic heterocycles. The van der Waals surface area contributed by atoms with E-state index >= 15 is 0 Å². The molecule has 0 spiro atoms. The van der Waals surface area contributed by atoms with E-state index in [1.165, 1.54) is 24.1 Å². The average molecular weight is 265 g/mol. The van der Waals surface area contributed by atoms with Crippen LogP contribution in [-0.4, -0.2) is 36.3 Å². The minimum atomic E-state index is -0.623. The predicted octanol–water partition coefficient (Wildman–Crippen LogP) is 0.758. The molecule has 1 saturated heterocycles. The number of carbonyl (C=O) groups is 2. The third kappa shape index (κ3) is 2.52. The zero-order valence-corrected chi connectivity index (χ0v) is 10.6. The first-order chi connectivity index (χ1) is 9.04. The van der Waals surface area contributed by atoms with Crippen molar-refractivity contribution in [2.24, 2.45) is 0 Å². The summed E-state index contributed by atoms with van der Waals surface area (Å²) < 4.78 is 13.7. The number of nitrogens with one attached hydrogen (secondary N) is 1. The lowest BCUT2D eigenvalue weighted by Gasteiger charge is -2.23. The van der Waals surface area contributed by atoms with Gasteiger partial charge in [0.05, 0.1) is 5.56 Å². The molecular formula is C13H16FN3O2. The molecule has 1 unspecified atom stereocenters. The van der Waals surface area contributed by atoms with Crippen molar-refractivity contribution >= 4 is 17.5 Å². The number of carbonyl (C=O) groups excluding carboxylic acids is 2. The van der Waals surface area contributed by atoms with Crippen molar-refractivity contribution in [3.05, 3.63) is 29.6 Å². The molecule has 5 nitrogen and oxygen atoms in total. The summed E-state index contributed by atoms with van der Waals surface area (Å²) in [6.07, 6.45) is 1.32. The first kappa shape index (κ1) is 13.3. The number of benzene rings is 1. The molecule has 0 bridgehead atoms. The first-order valence-electron chi connectivity index (χ1n) is 6.12. The van der Waals surface area contributed by atoms with E-state index in [-0.39, 0.29) is 11.5 Å². The van der Waals surface area contributed by atoms with Crippen molar-refractivity contribution in [2.75, 3.05) is 19.3 Å². The number of nitrogens with two attached hydrogens (primary N) is 1. The van der Waals surface area contributed by atoms with Crippen LogP contribution in [0.4, 0.5) is 10.1 Å². The fourth-order valence-electron chi connectivity index (χ4n) is 2.31. The summed E-state index contributed by atoms with van der Waals surface area (Å²) in [4.78, 5) is 25.4. The third-order valence-corrected chi connectivity index (χ3v) is 3.28. The van der Waals surface area contributed by atoms with Gasteiger partial charge in [-0.3, -0.25) is 9.59 Å². The monoisotopic (exact) mass is 265 g/mol. The Kier molecular flexibility index (Phi) is 3.69. The van der Waals surface area contributed by atoms with Crippen LogP contribution in [0.25, 0.3) is 0 Å². The first-order valence-corrected chi connectivity index (χ1v) is 6.12. The number of likely N-dealkylation sites (tertiary alicyclic amines) is 1. The van der Waals surface area contributed by atoms with Gasteiger partial charge in [-0.2, -0.15) is 0 Å². The van der Waals surface area contributed by atoms with E-state index in [1.807, 2.05) is 0 Å². The normalized spacial score (nSPS) is 18.4. The number of nitrogens with zero attached hydrogens (tertiary/aromatic N) is 1. The topological polar surface area (TPSA) is 75.4 Å². The van der Waals surface area contributed by atoms with Gasteiger partial charge in [0.2, 0.25) is 5.91 Å². The number of hydrogen-bond donors (Lipinski definition) is 2. The number of nitrogen functional groups attached to an aromatic ring is 1. The minimum Gasteiger partial charge on any atom is -0.399 e. The molecule has 1 aliphatic heterocycles. The second-order valence-electron chi connectivity index (χ2n) is 4.51. The van der Waals surface area contributed by atoms with Gasteiger partial charge < -0.3 is 16.0 Å². The van der Waals surface area contributed by atoms with E-state index < -0.39 is 17.8 Å². The highest BCUT2D eigenvalue weighted by Crippen LogP contribution is 2.22. The van der Waals surface area contributed by atoms with Gasteiger partial charge in [0.25, 0.3) is 5.91 Å². The van der Waals surface area contributed by atoms with E-state index in [0.29, 0.717) is 18.7 Å². The molecule has 0 radical (unpaired) electrons. The minimum absolute atomic E-state index is 0.0872. The summed E-state index contributed by atoms with van der Waals surface area (Å²) in [5.74, 6) is -1.34. The highest BCUT2D eigenvalue weighted by molar-refractivity contribution is 5.98. The summed E-state index contributed by atoms with van der Waals surface area (Å²) in [6.45, 7) is 0.450. The van der Waals surface area contributed by atoms with Gasteiger partial charge >= 0.3 is 0 Å². The molecule has 2 amide bonds. The summed E-state index contributed by atoms with van der Waals surface area (Å²) in [5.41, 5.74) is 5.80. The molecule has 2 rings (SSSR count). The van der Waals surface area contributed by atoms with E-state index in [9.17, 15) is 14.0 Å².